The van der Waals surface area contributed by atoms with Crippen molar-refractivity contribution in [3.05, 3.63) is 27.6 Å². The van der Waals surface area contributed by atoms with Crippen LogP contribution in [-0.2, 0) is 5.41 Å². The SMILES string of the molecule is CC(C)(C)c1nc2cc[nH]c(=O)c2s1. The molecular weight excluding hydrogens is 196 g/mol. The van der Waals surface area contributed by atoms with Crippen LogP contribution in [0.5, 0.6) is 0 Å². The third-order valence-corrected chi connectivity index (χ3v) is 3.45. The highest BCUT2D eigenvalue weighted by atomic mass is 32.1. The Balaban J connectivity index is 2.75. The van der Waals surface area contributed by atoms with E-state index in [2.05, 4.69) is 30.7 Å². The molecular formula is C10H12N2OS. The van der Waals surface area contributed by atoms with Crippen LogP contribution in [0.25, 0.3) is 10.2 Å². The molecule has 0 aliphatic carbocycles. The summed E-state index contributed by atoms with van der Waals surface area (Å²) >= 11 is 1.48. The second-order valence-electron chi connectivity index (χ2n) is 4.29. The molecule has 0 saturated carbocycles. The van der Waals surface area contributed by atoms with Crippen molar-refractivity contribution in [2.45, 2.75) is 26.2 Å². The summed E-state index contributed by atoms with van der Waals surface area (Å²) in [4.78, 5) is 18.5. The van der Waals surface area contributed by atoms with Gasteiger partial charge in [0.25, 0.3) is 5.56 Å². The van der Waals surface area contributed by atoms with Crippen molar-refractivity contribution in [3.63, 3.8) is 0 Å². The zero-order valence-corrected chi connectivity index (χ0v) is 9.23. The lowest BCUT2D eigenvalue weighted by Crippen LogP contribution is -2.09. The predicted octanol–water partition coefficient (Wildman–Crippen LogP) is 2.28. The Morgan fingerprint density at radius 2 is 2.14 bits per heavy atom. The molecule has 0 radical (unpaired) electrons. The van der Waals surface area contributed by atoms with E-state index in [0.717, 1.165) is 15.2 Å². The number of aromatic amines is 1. The summed E-state index contributed by atoms with van der Waals surface area (Å²) in [7, 11) is 0. The van der Waals surface area contributed by atoms with Crippen LogP contribution in [-0.4, -0.2) is 9.97 Å². The van der Waals surface area contributed by atoms with Crippen molar-refractivity contribution in [3.8, 4) is 0 Å². The monoisotopic (exact) mass is 208 g/mol. The van der Waals surface area contributed by atoms with Crippen LogP contribution in [0.4, 0.5) is 0 Å². The summed E-state index contributed by atoms with van der Waals surface area (Å²) < 4.78 is 0.720. The molecule has 4 heteroatoms. The smallest absolute Gasteiger partial charge is 0.267 e. The van der Waals surface area contributed by atoms with Gasteiger partial charge in [-0.3, -0.25) is 4.79 Å². The molecule has 3 nitrogen and oxygen atoms in total. The van der Waals surface area contributed by atoms with Gasteiger partial charge in [-0.1, -0.05) is 20.8 Å². The molecule has 0 atom stereocenters. The Morgan fingerprint density at radius 3 is 2.71 bits per heavy atom. The molecule has 2 heterocycles. The van der Waals surface area contributed by atoms with Gasteiger partial charge in [-0.15, -0.1) is 11.3 Å². The van der Waals surface area contributed by atoms with E-state index in [1.807, 2.05) is 6.07 Å². The number of nitrogens with one attached hydrogen (secondary N) is 1. The first-order chi connectivity index (χ1) is 6.48. The summed E-state index contributed by atoms with van der Waals surface area (Å²) in [6.45, 7) is 6.29. The van der Waals surface area contributed by atoms with E-state index in [-0.39, 0.29) is 11.0 Å². The normalized spacial score (nSPS) is 12.2. The van der Waals surface area contributed by atoms with Gasteiger partial charge in [0.2, 0.25) is 0 Å². The minimum atomic E-state index is -0.0458. The van der Waals surface area contributed by atoms with Gasteiger partial charge >= 0.3 is 0 Å². The number of hydrogen-bond acceptors (Lipinski definition) is 3. The highest BCUT2D eigenvalue weighted by Gasteiger charge is 2.19. The number of nitrogens with zero attached hydrogens (tertiary/aromatic N) is 1. The van der Waals surface area contributed by atoms with Crippen LogP contribution in [0, 0.1) is 0 Å². The quantitative estimate of drug-likeness (QED) is 0.722. The molecule has 0 aliphatic rings. The zero-order chi connectivity index (χ0) is 10.3. The van der Waals surface area contributed by atoms with Gasteiger partial charge in [0.05, 0.1) is 10.5 Å². The Labute approximate surface area is 85.8 Å². The van der Waals surface area contributed by atoms with Crippen molar-refractivity contribution < 1.29 is 0 Å². The highest BCUT2D eigenvalue weighted by Crippen LogP contribution is 2.28. The Kier molecular flexibility index (Phi) is 1.96. The molecule has 1 N–H and O–H groups in total. The van der Waals surface area contributed by atoms with Crippen molar-refractivity contribution >= 4 is 21.6 Å². The van der Waals surface area contributed by atoms with Crippen molar-refractivity contribution in [2.24, 2.45) is 0 Å². The molecule has 0 bridgehead atoms. The van der Waals surface area contributed by atoms with Gasteiger partial charge in [-0.25, -0.2) is 4.98 Å². The third-order valence-electron chi connectivity index (χ3n) is 1.96. The Morgan fingerprint density at radius 1 is 1.43 bits per heavy atom. The molecule has 74 valence electrons. The Bertz CT molecular complexity index is 519. The summed E-state index contributed by atoms with van der Waals surface area (Å²) in [5.41, 5.74) is 0.759. The molecule has 0 saturated heterocycles. The average Bonchev–Trinajstić information content (AvgIpc) is 2.48. The third kappa shape index (κ3) is 1.46. The van der Waals surface area contributed by atoms with Gasteiger partial charge in [0.15, 0.2) is 0 Å². The molecule has 0 fully saturated rings. The number of hydrogen-bond donors (Lipinski definition) is 1. The van der Waals surface area contributed by atoms with Crippen LogP contribution in [0.1, 0.15) is 25.8 Å². The first-order valence-electron chi connectivity index (χ1n) is 4.47. The van der Waals surface area contributed by atoms with Gasteiger partial charge in [0, 0.05) is 11.6 Å². The van der Waals surface area contributed by atoms with E-state index < -0.39 is 0 Å². The second kappa shape index (κ2) is 2.92. The zero-order valence-electron chi connectivity index (χ0n) is 8.42. The molecule has 0 amide bonds. The molecule has 0 spiro atoms. The van der Waals surface area contributed by atoms with Crippen LogP contribution in [0.15, 0.2) is 17.1 Å². The predicted molar refractivity (Wildman–Crippen MR) is 58.9 cm³/mol. The Hall–Kier alpha value is -1.16. The number of fused-ring (bicyclic) bond motifs is 1. The summed E-state index contributed by atoms with van der Waals surface area (Å²) in [6.07, 6.45) is 1.64. The van der Waals surface area contributed by atoms with Crippen LogP contribution >= 0.6 is 11.3 Å². The van der Waals surface area contributed by atoms with Gasteiger partial charge < -0.3 is 4.98 Å². The van der Waals surface area contributed by atoms with Crippen LogP contribution in [0.3, 0.4) is 0 Å². The first-order valence-corrected chi connectivity index (χ1v) is 5.29. The maximum absolute atomic E-state index is 11.4. The van der Waals surface area contributed by atoms with E-state index >= 15 is 0 Å². The van der Waals surface area contributed by atoms with E-state index in [0.29, 0.717) is 0 Å². The fraction of sp³-hybridized carbons (Fsp3) is 0.400. The maximum atomic E-state index is 11.4. The number of pyridine rings is 1. The standard InChI is InChI=1S/C10H12N2OS/c1-10(2,3)9-12-6-4-5-11-8(13)7(6)14-9/h4-5H,1-3H3,(H,11,13). The fourth-order valence-electron chi connectivity index (χ4n) is 1.19. The second-order valence-corrected chi connectivity index (χ2v) is 5.29. The van der Waals surface area contributed by atoms with Crippen molar-refractivity contribution in [2.75, 3.05) is 0 Å². The molecule has 0 unspecified atom stereocenters. The van der Waals surface area contributed by atoms with E-state index in [1.165, 1.54) is 11.3 Å². The molecule has 2 rings (SSSR count). The lowest BCUT2D eigenvalue weighted by atomic mass is 9.98. The lowest BCUT2D eigenvalue weighted by Gasteiger charge is -2.13. The summed E-state index contributed by atoms with van der Waals surface area (Å²) in [5, 5.41) is 1.00. The number of rotatable bonds is 0. The number of H-pyrrole nitrogens is 1. The van der Waals surface area contributed by atoms with Gasteiger partial charge in [-0.05, 0) is 6.07 Å². The maximum Gasteiger partial charge on any atom is 0.267 e. The largest absolute Gasteiger partial charge is 0.328 e. The first kappa shape index (κ1) is 9.40. The summed E-state index contributed by atoms with van der Waals surface area (Å²) in [5.74, 6) is 0. The fourth-order valence-corrected chi connectivity index (χ4v) is 2.20. The molecule has 2 aromatic rings. The topological polar surface area (TPSA) is 45.8 Å². The summed E-state index contributed by atoms with van der Waals surface area (Å²) in [6, 6.07) is 1.84. The minimum absolute atomic E-state index is 0.0100. The lowest BCUT2D eigenvalue weighted by molar-refractivity contribution is 0.587. The van der Waals surface area contributed by atoms with E-state index in [1.54, 1.807) is 6.20 Å². The number of aromatic nitrogens is 2. The number of thiazole rings is 1. The molecule has 2 aromatic heterocycles. The van der Waals surface area contributed by atoms with Crippen LogP contribution < -0.4 is 5.56 Å². The molecule has 14 heavy (non-hydrogen) atoms. The average molecular weight is 208 g/mol. The van der Waals surface area contributed by atoms with Gasteiger partial charge in [0.1, 0.15) is 4.70 Å². The van der Waals surface area contributed by atoms with Crippen molar-refractivity contribution in [1.29, 1.82) is 0 Å². The van der Waals surface area contributed by atoms with E-state index in [9.17, 15) is 4.79 Å². The minimum Gasteiger partial charge on any atom is -0.328 e. The van der Waals surface area contributed by atoms with Crippen LogP contribution in [0.2, 0.25) is 0 Å². The molecule has 0 aromatic carbocycles. The van der Waals surface area contributed by atoms with Gasteiger partial charge in [-0.2, -0.15) is 0 Å². The molecule has 0 aliphatic heterocycles. The van der Waals surface area contributed by atoms with Crippen molar-refractivity contribution in [1.82, 2.24) is 9.97 Å². The highest BCUT2D eigenvalue weighted by molar-refractivity contribution is 7.18. The van der Waals surface area contributed by atoms with E-state index in [4.69, 9.17) is 0 Å².